The van der Waals surface area contributed by atoms with E-state index in [0.29, 0.717) is 21.8 Å². The van der Waals surface area contributed by atoms with E-state index in [4.69, 9.17) is 17.3 Å². The van der Waals surface area contributed by atoms with Gasteiger partial charge in [-0.15, -0.1) is 0 Å². The third kappa shape index (κ3) is 2.26. The molecule has 0 saturated heterocycles. The van der Waals surface area contributed by atoms with Crippen molar-refractivity contribution in [2.75, 3.05) is 0 Å². The maximum absolute atomic E-state index is 11.2. The number of amides is 1. The van der Waals surface area contributed by atoms with Gasteiger partial charge in [0.2, 0.25) is 0 Å². The first kappa shape index (κ1) is 12.3. The molecule has 5 nitrogen and oxygen atoms in total. The van der Waals surface area contributed by atoms with Crippen molar-refractivity contribution in [2.24, 2.45) is 5.73 Å². The maximum atomic E-state index is 11.2. The molecular formula is C12H10ClN3O2. The van der Waals surface area contributed by atoms with E-state index in [9.17, 15) is 9.59 Å². The summed E-state index contributed by atoms with van der Waals surface area (Å²) < 4.78 is 1.44. The second-order valence-electron chi connectivity index (χ2n) is 3.76. The zero-order valence-electron chi connectivity index (χ0n) is 9.55. The molecule has 0 aliphatic carbocycles. The predicted octanol–water partition coefficient (Wildman–Crippen LogP) is 1.83. The molecule has 0 atom stereocenters. The first-order valence-electron chi connectivity index (χ1n) is 5.14. The summed E-state index contributed by atoms with van der Waals surface area (Å²) in [7, 11) is 0. The van der Waals surface area contributed by atoms with Gasteiger partial charge in [0.15, 0.2) is 5.78 Å². The Hall–Kier alpha value is -2.14. The zero-order valence-corrected chi connectivity index (χ0v) is 10.3. The summed E-state index contributed by atoms with van der Waals surface area (Å²) in [5.74, 6) is -0.625. The van der Waals surface area contributed by atoms with E-state index >= 15 is 0 Å². The van der Waals surface area contributed by atoms with Gasteiger partial charge < -0.3 is 5.73 Å². The highest BCUT2D eigenvalue weighted by molar-refractivity contribution is 6.32. The molecule has 18 heavy (non-hydrogen) atoms. The van der Waals surface area contributed by atoms with Crippen LogP contribution in [0.4, 0.5) is 0 Å². The fraction of sp³-hybridized carbons (Fsp3) is 0.0833. The Balaban J connectivity index is 2.44. The number of hydrogen-bond acceptors (Lipinski definition) is 3. The predicted molar refractivity (Wildman–Crippen MR) is 67.1 cm³/mol. The molecule has 0 saturated carbocycles. The number of halogens is 1. The molecule has 1 aromatic heterocycles. The van der Waals surface area contributed by atoms with Crippen LogP contribution < -0.4 is 5.73 Å². The lowest BCUT2D eigenvalue weighted by molar-refractivity contribution is 0.0996. The second-order valence-corrected chi connectivity index (χ2v) is 4.17. The Morgan fingerprint density at radius 1 is 1.33 bits per heavy atom. The van der Waals surface area contributed by atoms with Crippen LogP contribution in [0.25, 0.3) is 5.69 Å². The molecule has 0 unspecified atom stereocenters. The van der Waals surface area contributed by atoms with Gasteiger partial charge in [0, 0.05) is 11.8 Å². The maximum Gasteiger partial charge on any atom is 0.251 e. The quantitative estimate of drug-likeness (QED) is 0.858. The Kier molecular flexibility index (Phi) is 3.16. The van der Waals surface area contributed by atoms with Crippen LogP contribution in [0.1, 0.15) is 27.6 Å². The molecule has 2 aromatic rings. The van der Waals surface area contributed by atoms with Crippen molar-refractivity contribution in [3.63, 3.8) is 0 Å². The minimum Gasteiger partial charge on any atom is -0.366 e. The molecule has 6 heteroatoms. The molecule has 1 heterocycles. The normalized spacial score (nSPS) is 10.3. The topological polar surface area (TPSA) is 78.0 Å². The lowest BCUT2D eigenvalue weighted by atomic mass is 10.1. The van der Waals surface area contributed by atoms with E-state index in [2.05, 4.69) is 5.10 Å². The monoisotopic (exact) mass is 263 g/mol. The van der Waals surface area contributed by atoms with Gasteiger partial charge in [-0.3, -0.25) is 9.59 Å². The zero-order chi connectivity index (χ0) is 13.3. The van der Waals surface area contributed by atoms with E-state index in [0.717, 1.165) is 0 Å². The van der Waals surface area contributed by atoms with Gasteiger partial charge in [0.05, 0.1) is 22.5 Å². The average Bonchev–Trinajstić information content (AvgIpc) is 2.78. The lowest BCUT2D eigenvalue weighted by Gasteiger charge is -2.05. The van der Waals surface area contributed by atoms with Crippen molar-refractivity contribution in [1.82, 2.24) is 9.78 Å². The van der Waals surface area contributed by atoms with E-state index in [-0.39, 0.29) is 5.78 Å². The summed E-state index contributed by atoms with van der Waals surface area (Å²) >= 11 is 6.07. The Labute approximate surface area is 108 Å². The minimum absolute atomic E-state index is 0.0678. The van der Waals surface area contributed by atoms with Crippen molar-refractivity contribution < 1.29 is 9.59 Å². The average molecular weight is 264 g/mol. The highest BCUT2D eigenvalue weighted by Gasteiger charge is 2.10. The number of primary amides is 1. The second kappa shape index (κ2) is 4.62. The molecule has 2 N–H and O–H groups in total. The van der Waals surface area contributed by atoms with Gasteiger partial charge in [-0.05, 0) is 25.1 Å². The number of benzene rings is 1. The van der Waals surface area contributed by atoms with E-state index in [1.54, 1.807) is 18.2 Å². The van der Waals surface area contributed by atoms with Crippen LogP contribution >= 0.6 is 11.6 Å². The molecule has 0 radical (unpaired) electrons. The van der Waals surface area contributed by atoms with Gasteiger partial charge >= 0.3 is 0 Å². The molecule has 0 fully saturated rings. The fourth-order valence-corrected chi connectivity index (χ4v) is 1.76. The van der Waals surface area contributed by atoms with E-state index in [1.165, 1.54) is 24.0 Å². The summed E-state index contributed by atoms with van der Waals surface area (Å²) in [5, 5.41) is 4.37. The lowest BCUT2D eigenvalue weighted by Crippen LogP contribution is -2.09. The van der Waals surface area contributed by atoms with Crippen LogP contribution in [0.3, 0.4) is 0 Å². The van der Waals surface area contributed by atoms with Crippen LogP contribution in [0.5, 0.6) is 0 Å². The van der Waals surface area contributed by atoms with Crippen LogP contribution in [0.2, 0.25) is 5.02 Å². The molecule has 0 spiro atoms. The van der Waals surface area contributed by atoms with E-state index < -0.39 is 5.91 Å². The number of aromatic nitrogens is 2. The van der Waals surface area contributed by atoms with Crippen LogP contribution in [0.15, 0.2) is 30.6 Å². The highest BCUT2D eigenvalue weighted by Crippen LogP contribution is 2.22. The van der Waals surface area contributed by atoms with Crippen LogP contribution in [-0.2, 0) is 0 Å². The first-order chi connectivity index (χ1) is 8.49. The van der Waals surface area contributed by atoms with Crippen LogP contribution in [0, 0.1) is 0 Å². The summed E-state index contributed by atoms with van der Waals surface area (Å²) in [6.07, 6.45) is 2.84. The Morgan fingerprint density at radius 3 is 2.56 bits per heavy atom. The summed E-state index contributed by atoms with van der Waals surface area (Å²) in [4.78, 5) is 22.2. The highest BCUT2D eigenvalue weighted by atomic mass is 35.5. The first-order valence-corrected chi connectivity index (χ1v) is 5.52. The van der Waals surface area contributed by atoms with Gasteiger partial charge in [-0.1, -0.05) is 11.6 Å². The van der Waals surface area contributed by atoms with Gasteiger partial charge in [-0.25, -0.2) is 4.68 Å². The van der Waals surface area contributed by atoms with E-state index in [1.807, 2.05) is 0 Å². The number of hydrogen-bond donors (Lipinski definition) is 1. The fourth-order valence-electron chi connectivity index (χ4n) is 1.49. The summed E-state index contributed by atoms with van der Waals surface area (Å²) in [6, 6.07) is 4.87. The number of rotatable bonds is 3. The van der Waals surface area contributed by atoms with Crippen molar-refractivity contribution in [3.05, 3.63) is 46.7 Å². The molecule has 0 aliphatic heterocycles. The summed E-state index contributed by atoms with van der Waals surface area (Å²) in [6.45, 7) is 1.46. The molecule has 1 amide bonds. The number of carbonyl (C=O) groups is 2. The number of Topliss-reactive ketones (excluding diaryl/α,β-unsaturated/α-hetero) is 1. The molecule has 0 aliphatic rings. The molecule has 1 aromatic carbocycles. The largest absolute Gasteiger partial charge is 0.366 e. The van der Waals surface area contributed by atoms with Crippen LogP contribution in [-0.4, -0.2) is 21.5 Å². The van der Waals surface area contributed by atoms with Crippen molar-refractivity contribution in [2.45, 2.75) is 6.92 Å². The van der Waals surface area contributed by atoms with Gasteiger partial charge in [0.1, 0.15) is 0 Å². The van der Waals surface area contributed by atoms with Gasteiger partial charge in [0.25, 0.3) is 5.91 Å². The number of ketones is 1. The molecule has 92 valence electrons. The molecule has 2 rings (SSSR count). The molecule has 0 bridgehead atoms. The SMILES string of the molecule is CC(=O)c1ccc(-n2cc(C(N)=O)cn2)c(Cl)c1. The Morgan fingerprint density at radius 2 is 2.06 bits per heavy atom. The number of nitrogens with two attached hydrogens (primary N) is 1. The van der Waals surface area contributed by atoms with Gasteiger partial charge in [-0.2, -0.15) is 5.10 Å². The standard InChI is InChI=1S/C12H10ClN3O2/c1-7(17)8-2-3-11(10(13)4-8)16-6-9(5-15-16)12(14)18/h2-6H,1H3,(H2,14,18). The number of carbonyl (C=O) groups excluding carboxylic acids is 2. The number of nitrogens with zero attached hydrogens (tertiary/aromatic N) is 2. The summed E-state index contributed by atoms with van der Waals surface area (Å²) in [5.41, 5.74) is 6.53. The van der Waals surface area contributed by atoms with Crippen molar-refractivity contribution >= 4 is 23.3 Å². The Bertz CT molecular complexity index is 634. The molecular weight excluding hydrogens is 254 g/mol. The van der Waals surface area contributed by atoms with Crippen molar-refractivity contribution in [3.8, 4) is 5.69 Å². The minimum atomic E-state index is -0.558. The third-order valence-corrected chi connectivity index (χ3v) is 2.77. The smallest absolute Gasteiger partial charge is 0.251 e. The third-order valence-electron chi connectivity index (χ3n) is 2.47. The van der Waals surface area contributed by atoms with Crippen molar-refractivity contribution in [1.29, 1.82) is 0 Å².